The zero-order chi connectivity index (χ0) is 12.4. The number of nitrogen functional groups attached to an aromatic ring is 1. The van der Waals surface area contributed by atoms with E-state index in [-0.39, 0.29) is 17.3 Å². The number of hydrogen-bond acceptors (Lipinski definition) is 3. The molecule has 5 nitrogen and oxygen atoms in total. The maximum absolute atomic E-state index is 12.8. The number of nitrogens with two attached hydrogens (primary N) is 1. The summed E-state index contributed by atoms with van der Waals surface area (Å²) in [5.74, 6) is -0.831. The fourth-order valence-corrected chi connectivity index (χ4v) is 1.36. The third-order valence-corrected chi connectivity index (χ3v) is 2.20. The maximum Gasteiger partial charge on any atom is 0.275 e. The van der Waals surface area contributed by atoms with Crippen LogP contribution in [0.4, 0.5) is 15.8 Å². The van der Waals surface area contributed by atoms with Crippen LogP contribution in [0.5, 0.6) is 0 Å². The predicted octanol–water partition coefficient (Wildman–Crippen LogP) is 1.39. The fraction of sp³-hybridized carbons (Fsp3) is 0.0909. The largest absolute Gasteiger partial charge is 0.397 e. The lowest BCUT2D eigenvalue weighted by Crippen LogP contribution is -2.13. The Labute approximate surface area is 97.1 Å². The number of aromatic nitrogens is 2. The first kappa shape index (κ1) is 11.1. The Morgan fingerprint density at radius 1 is 1.53 bits per heavy atom. The van der Waals surface area contributed by atoms with Crippen molar-refractivity contribution in [2.45, 2.75) is 0 Å². The smallest absolute Gasteiger partial charge is 0.275 e. The van der Waals surface area contributed by atoms with Crippen LogP contribution in [0.3, 0.4) is 0 Å². The summed E-state index contributed by atoms with van der Waals surface area (Å²) in [6.45, 7) is 0. The molecular formula is C11H11FN4O. The lowest BCUT2D eigenvalue weighted by molar-refractivity contribution is 0.102. The van der Waals surface area contributed by atoms with Crippen molar-refractivity contribution >= 4 is 17.3 Å². The van der Waals surface area contributed by atoms with E-state index in [9.17, 15) is 9.18 Å². The Balaban J connectivity index is 2.18. The molecule has 0 aliphatic carbocycles. The van der Waals surface area contributed by atoms with E-state index >= 15 is 0 Å². The summed E-state index contributed by atoms with van der Waals surface area (Å²) in [6, 6.07) is 3.78. The molecule has 0 fully saturated rings. The van der Waals surface area contributed by atoms with Crippen molar-refractivity contribution in [1.29, 1.82) is 0 Å². The second kappa shape index (κ2) is 4.25. The van der Waals surface area contributed by atoms with E-state index in [2.05, 4.69) is 10.3 Å². The number of benzene rings is 1. The third kappa shape index (κ3) is 2.41. The van der Waals surface area contributed by atoms with Crippen LogP contribution in [0.1, 0.15) is 10.5 Å². The quantitative estimate of drug-likeness (QED) is 0.771. The summed E-state index contributed by atoms with van der Waals surface area (Å²) in [5, 5.41) is 2.56. The number of aryl methyl sites for hydroxylation is 1. The minimum Gasteiger partial charge on any atom is -0.397 e. The molecule has 1 heterocycles. The average molecular weight is 234 g/mol. The number of nitrogens with zero attached hydrogens (tertiary/aromatic N) is 2. The Kier molecular flexibility index (Phi) is 2.78. The number of halogens is 1. The minimum atomic E-state index is -0.446. The molecule has 0 radical (unpaired) electrons. The first-order valence-electron chi connectivity index (χ1n) is 4.90. The molecular weight excluding hydrogens is 223 g/mol. The van der Waals surface area contributed by atoms with Gasteiger partial charge < -0.3 is 15.6 Å². The summed E-state index contributed by atoms with van der Waals surface area (Å²) >= 11 is 0. The Morgan fingerprint density at radius 2 is 2.29 bits per heavy atom. The summed E-state index contributed by atoms with van der Waals surface area (Å²) in [4.78, 5) is 15.6. The lowest BCUT2D eigenvalue weighted by atomic mass is 10.2. The summed E-state index contributed by atoms with van der Waals surface area (Å²) < 4.78 is 14.5. The monoisotopic (exact) mass is 234 g/mol. The molecule has 3 N–H and O–H groups in total. The molecule has 1 amide bonds. The van der Waals surface area contributed by atoms with E-state index < -0.39 is 5.82 Å². The standard InChI is InChI=1S/C11H11FN4O/c1-16-5-10(14-6-16)11(17)15-9-3-2-7(12)4-8(9)13/h2-6H,13H2,1H3,(H,15,17). The molecule has 0 aliphatic rings. The number of nitrogens with one attached hydrogen (secondary N) is 1. The number of rotatable bonds is 2. The molecule has 1 aromatic heterocycles. The highest BCUT2D eigenvalue weighted by Crippen LogP contribution is 2.19. The summed E-state index contributed by atoms with van der Waals surface area (Å²) in [7, 11) is 1.76. The number of carbonyl (C=O) groups excluding carboxylic acids is 1. The molecule has 0 unspecified atom stereocenters. The van der Waals surface area contributed by atoms with Crippen LogP contribution in [-0.4, -0.2) is 15.5 Å². The molecule has 0 atom stereocenters. The van der Waals surface area contributed by atoms with Crippen LogP contribution in [0.15, 0.2) is 30.7 Å². The van der Waals surface area contributed by atoms with Gasteiger partial charge >= 0.3 is 0 Å². The molecule has 17 heavy (non-hydrogen) atoms. The molecule has 1 aromatic carbocycles. The van der Waals surface area contributed by atoms with Crippen LogP contribution in [0.2, 0.25) is 0 Å². The maximum atomic E-state index is 12.8. The van der Waals surface area contributed by atoms with Crippen LogP contribution in [-0.2, 0) is 7.05 Å². The van der Waals surface area contributed by atoms with Gasteiger partial charge in [-0.05, 0) is 18.2 Å². The minimum absolute atomic E-state index is 0.175. The van der Waals surface area contributed by atoms with Gasteiger partial charge in [-0.2, -0.15) is 0 Å². The molecule has 0 bridgehead atoms. The van der Waals surface area contributed by atoms with Crippen molar-refractivity contribution in [2.75, 3.05) is 11.1 Å². The summed E-state index contributed by atoms with van der Waals surface area (Å²) in [6.07, 6.45) is 3.10. The van der Waals surface area contributed by atoms with Gasteiger partial charge in [0.25, 0.3) is 5.91 Å². The van der Waals surface area contributed by atoms with Gasteiger partial charge in [-0.15, -0.1) is 0 Å². The van der Waals surface area contributed by atoms with E-state index in [4.69, 9.17) is 5.73 Å². The highest BCUT2D eigenvalue weighted by molar-refractivity contribution is 6.04. The van der Waals surface area contributed by atoms with Crippen molar-refractivity contribution in [3.8, 4) is 0 Å². The van der Waals surface area contributed by atoms with Crippen LogP contribution >= 0.6 is 0 Å². The second-order valence-electron chi connectivity index (χ2n) is 3.61. The van der Waals surface area contributed by atoms with Gasteiger partial charge in [-0.3, -0.25) is 4.79 Å². The van der Waals surface area contributed by atoms with Gasteiger partial charge in [0.15, 0.2) is 0 Å². The van der Waals surface area contributed by atoms with E-state index in [0.29, 0.717) is 5.69 Å². The average Bonchev–Trinajstić information content (AvgIpc) is 2.69. The second-order valence-corrected chi connectivity index (χ2v) is 3.61. The van der Waals surface area contributed by atoms with Gasteiger partial charge in [0.05, 0.1) is 17.7 Å². The van der Waals surface area contributed by atoms with Gasteiger partial charge in [0.2, 0.25) is 0 Å². The van der Waals surface area contributed by atoms with E-state index in [0.717, 1.165) is 6.07 Å². The number of hydrogen-bond donors (Lipinski definition) is 2. The van der Waals surface area contributed by atoms with Crippen LogP contribution in [0, 0.1) is 5.82 Å². The number of anilines is 2. The molecule has 2 aromatic rings. The van der Waals surface area contributed by atoms with Crippen molar-refractivity contribution < 1.29 is 9.18 Å². The third-order valence-electron chi connectivity index (χ3n) is 2.20. The molecule has 0 aliphatic heterocycles. The molecule has 2 rings (SSSR count). The van der Waals surface area contributed by atoms with E-state index in [1.54, 1.807) is 17.8 Å². The number of imidazole rings is 1. The highest BCUT2D eigenvalue weighted by atomic mass is 19.1. The van der Waals surface area contributed by atoms with Gasteiger partial charge in [-0.25, -0.2) is 9.37 Å². The predicted molar refractivity (Wildman–Crippen MR) is 62.0 cm³/mol. The Morgan fingerprint density at radius 3 is 2.88 bits per heavy atom. The topological polar surface area (TPSA) is 72.9 Å². The van der Waals surface area contributed by atoms with Gasteiger partial charge in [0, 0.05) is 13.2 Å². The molecule has 0 saturated heterocycles. The molecule has 6 heteroatoms. The van der Waals surface area contributed by atoms with Gasteiger partial charge in [-0.1, -0.05) is 0 Å². The van der Waals surface area contributed by atoms with Crippen molar-refractivity contribution in [1.82, 2.24) is 9.55 Å². The van der Waals surface area contributed by atoms with Crippen molar-refractivity contribution in [2.24, 2.45) is 7.05 Å². The number of amides is 1. The Hall–Kier alpha value is -2.37. The summed E-state index contributed by atoms with van der Waals surface area (Å²) in [5.41, 5.74) is 6.39. The zero-order valence-corrected chi connectivity index (χ0v) is 9.14. The highest BCUT2D eigenvalue weighted by Gasteiger charge is 2.10. The zero-order valence-electron chi connectivity index (χ0n) is 9.14. The van der Waals surface area contributed by atoms with Crippen molar-refractivity contribution in [3.63, 3.8) is 0 Å². The Bertz CT molecular complexity index is 564. The van der Waals surface area contributed by atoms with Crippen LogP contribution < -0.4 is 11.1 Å². The normalized spacial score (nSPS) is 10.2. The van der Waals surface area contributed by atoms with Gasteiger partial charge in [0.1, 0.15) is 11.5 Å². The van der Waals surface area contributed by atoms with E-state index in [1.165, 1.54) is 18.5 Å². The lowest BCUT2D eigenvalue weighted by Gasteiger charge is -2.06. The van der Waals surface area contributed by atoms with Crippen LogP contribution in [0.25, 0.3) is 0 Å². The molecule has 0 saturated carbocycles. The first-order valence-corrected chi connectivity index (χ1v) is 4.90. The van der Waals surface area contributed by atoms with Crippen molar-refractivity contribution in [3.05, 3.63) is 42.2 Å². The molecule has 88 valence electrons. The first-order chi connectivity index (χ1) is 8.06. The SMILES string of the molecule is Cn1cnc(C(=O)Nc2ccc(F)cc2N)c1. The van der Waals surface area contributed by atoms with E-state index in [1.807, 2.05) is 0 Å². The molecule has 0 spiro atoms. The number of carbonyl (C=O) groups is 1. The fourth-order valence-electron chi connectivity index (χ4n) is 1.36.